The van der Waals surface area contributed by atoms with E-state index in [9.17, 15) is 13.2 Å². The molecular weight excluding hydrogens is 438 g/mol. The maximum absolute atomic E-state index is 11.8. The van der Waals surface area contributed by atoms with Crippen molar-refractivity contribution >= 4 is 33.4 Å². The second-order valence-corrected chi connectivity index (χ2v) is 9.17. The minimum Gasteiger partial charge on any atom is -0.464 e. The molecule has 1 amide bonds. The zero-order chi connectivity index (χ0) is 22.6. The van der Waals surface area contributed by atoms with Crippen molar-refractivity contribution in [2.24, 2.45) is 5.14 Å². The summed E-state index contributed by atoms with van der Waals surface area (Å²) in [5.74, 6) is -0.181. The van der Waals surface area contributed by atoms with Gasteiger partial charge in [-0.2, -0.15) is 4.98 Å². The number of sulfonamides is 1. The molecule has 11 heteroatoms. The van der Waals surface area contributed by atoms with E-state index in [4.69, 9.17) is 9.88 Å². The minimum absolute atomic E-state index is 0.0198. The molecule has 2 heterocycles. The number of nitrogens with two attached hydrogens (primary N) is 1. The van der Waals surface area contributed by atoms with Gasteiger partial charge in [-0.25, -0.2) is 18.5 Å². The van der Waals surface area contributed by atoms with Crippen LogP contribution in [0.1, 0.15) is 20.8 Å². The zero-order valence-corrected chi connectivity index (χ0v) is 19.0. The predicted molar refractivity (Wildman–Crippen MR) is 119 cm³/mol. The average molecular weight is 462 g/mol. The molecular formula is C20H23N5O4S2. The molecule has 2 aromatic heterocycles. The number of carbonyl (C=O) groups excluding carboxylic acids is 1. The Morgan fingerprint density at radius 2 is 2.03 bits per heavy atom. The van der Waals surface area contributed by atoms with E-state index in [1.165, 1.54) is 30.8 Å². The van der Waals surface area contributed by atoms with Gasteiger partial charge < -0.3 is 14.6 Å². The lowest BCUT2D eigenvalue weighted by Gasteiger charge is -2.11. The van der Waals surface area contributed by atoms with E-state index in [0.717, 1.165) is 11.4 Å². The van der Waals surface area contributed by atoms with Crippen LogP contribution in [0.25, 0.3) is 11.3 Å². The quantitative estimate of drug-likeness (QED) is 0.527. The number of anilines is 1. The number of hydrogen-bond acceptors (Lipinski definition) is 7. The maximum atomic E-state index is 11.8. The summed E-state index contributed by atoms with van der Waals surface area (Å²) in [5.41, 5.74) is 1.71. The van der Waals surface area contributed by atoms with E-state index >= 15 is 0 Å². The van der Waals surface area contributed by atoms with Crippen LogP contribution in [0.4, 0.5) is 5.69 Å². The first kappa shape index (κ1) is 22.8. The number of carbonyl (C=O) groups is 1. The fourth-order valence-corrected chi connectivity index (χ4v) is 4.37. The van der Waals surface area contributed by atoms with Gasteiger partial charge in [-0.05, 0) is 26.0 Å². The molecule has 0 radical (unpaired) electrons. The highest BCUT2D eigenvalue weighted by atomic mass is 32.2. The summed E-state index contributed by atoms with van der Waals surface area (Å²) in [6.45, 7) is 6.38. The maximum Gasteiger partial charge on any atom is 0.316 e. The van der Waals surface area contributed by atoms with E-state index in [0.29, 0.717) is 28.4 Å². The van der Waals surface area contributed by atoms with Crippen LogP contribution >= 0.6 is 11.8 Å². The molecule has 0 spiro atoms. The van der Waals surface area contributed by atoms with E-state index in [1.807, 2.05) is 30.8 Å². The molecule has 0 unspecified atom stereocenters. The Kier molecular flexibility index (Phi) is 6.98. The number of benzene rings is 1. The second kappa shape index (κ2) is 9.50. The second-order valence-electron chi connectivity index (χ2n) is 6.52. The van der Waals surface area contributed by atoms with Crippen molar-refractivity contribution in [1.82, 2.24) is 14.5 Å². The number of hydrogen-bond donors (Lipinski definition) is 2. The standard InChI is InChI=1S/C20H23N5O4S2/c1-4-25-11-16(23-13(3)26)18(12-25)30-17-10-22-20(29-5-2)24-19(17)14-7-6-8-15(9-14)31(21,27)28/h6-12H,4-5H2,1-3H3,(H,23,26)(H2,21,27,28). The Labute approximate surface area is 185 Å². The largest absolute Gasteiger partial charge is 0.464 e. The van der Waals surface area contributed by atoms with Gasteiger partial charge >= 0.3 is 6.01 Å². The molecule has 164 valence electrons. The van der Waals surface area contributed by atoms with Gasteiger partial charge in [0.05, 0.1) is 32.7 Å². The molecule has 0 aliphatic heterocycles. The first-order valence-electron chi connectivity index (χ1n) is 9.49. The SMILES string of the molecule is CCOc1ncc(Sc2cn(CC)cc2NC(C)=O)c(-c2cccc(S(N)(=O)=O)c2)n1. The number of primary sulfonamides is 1. The molecule has 0 atom stereocenters. The van der Waals surface area contributed by atoms with Crippen LogP contribution in [0, 0.1) is 0 Å². The summed E-state index contributed by atoms with van der Waals surface area (Å²) in [5, 5.41) is 8.12. The molecule has 31 heavy (non-hydrogen) atoms. The summed E-state index contributed by atoms with van der Waals surface area (Å²) in [6.07, 6.45) is 5.37. The molecule has 3 N–H and O–H groups in total. The van der Waals surface area contributed by atoms with Gasteiger partial charge in [-0.15, -0.1) is 0 Å². The van der Waals surface area contributed by atoms with Gasteiger partial charge in [0.2, 0.25) is 15.9 Å². The number of nitrogens with one attached hydrogen (secondary N) is 1. The molecule has 0 fully saturated rings. The highest BCUT2D eigenvalue weighted by Crippen LogP contribution is 2.39. The molecule has 0 aliphatic rings. The molecule has 0 saturated heterocycles. The predicted octanol–water partition coefficient (Wildman–Crippen LogP) is 3.12. The van der Waals surface area contributed by atoms with Crippen molar-refractivity contribution in [3.8, 4) is 17.3 Å². The fourth-order valence-electron chi connectivity index (χ4n) is 2.81. The number of nitrogens with zero attached hydrogens (tertiary/aromatic N) is 3. The molecule has 0 bridgehead atoms. The van der Waals surface area contributed by atoms with Crippen LogP contribution < -0.4 is 15.2 Å². The Morgan fingerprint density at radius 1 is 1.26 bits per heavy atom. The molecule has 9 nitrogen and oxygen atoms in total. The van der Waals surface area contributed by atoms with Crippen LogP contribution in [0.5, 0.6) is 6.01 Å². The summed E-state index contributed by atoms with van der Waals surface area (Å²) >= 11 is 1.36. The molecule has 3 rings (SSSR count). The van der Waals surface area contributed by atoms with Gasteiger partial charge in [0.15, 0.2) is 0 Å². The van der Waals surface area contributed by atoms with Crippen LogP contribution in [0.15, 0.2) is 57.5 Å². The van der Waals surface area contributed by atoms with E-state index in [-0.39, 0.29) is 16.8 Å². The summed E-state index contributed by atoms with van der Waals surface area (Å²) in [7, 11) is -3.88. The Balaban J connectivity index is 2.10. The van der Waals surface area contributed by atoms with Gasteiger partial charge in [0, 0.05) is 37.6 Å². The third kappa shape index (κ3) is 5.63. The van der Waals surface area contributed by atoms with Crippen molar-refractivity contribution in [3.05, 3.63) is 42.9 Å². The highest BCUT2D eigenvalue weighted by molar-refractivity contribution is 7.99. The van der Waals surface area contributed by atoms with Crippen LogP contribution in [-0.2, 0) is 21.4 Å². The lowest BCUT2D eigenvalue weighted by atomic mass is 10.1. The van der Waals surface area contributed by atoms with Gasteiger partial charge in [0.1, 0.15) is 0 Å². The first-order chi connectivity index (χ1) is 14.7. The van der Waals surface area contributed by atoms with E-state index in [2.05, 4.69) is 15.3 Å². The summed E-state index contributed by atoms with van der Waals surface area (Å²) < 4.78 is 31.0. The van der Waals surface area contributed by atoms with Crippen LogP contribution in [0.2, 0.25) is 0 Å². The van der Waals surface area contributed by atoms with Crippen molar-refractivity contribution < 1.29 is 17.9 Å². The number of aryl methyl sites for hydroxylation is 1. The first-order valence-corrected chi connectivity index (χ1v) is 11.9. The van der Waals surface area contributed by atoms with Gasteiger partial charge in [-0.1, -0.05) is 23.9 Å². The lowest BCUT2D eigenvalue weighted by molar-refractivity contribution is -0.114. The monoisotopic (exact) mass is 461 g/mol. The van der Waals surface area contributed by atoms with E-state index < -0.39 is 10.0 Å². The Hall–Kier alpha value is -2.89. The number of rotatable bonds is 8. The number of ether oxygens (including phenoxy) is 1. The fraction of sp³-hybridized carbons (Fsp3) is 0.250. The zero-order valence-electron chi connectivity index (χ0n) is 17.3. The Bertz CT molecular complexity index is 1210. The highest BCUT2D eigenvalue weighted by Gasteiger charge is 2.17. The normalized spacial score (nSPS) is 11.4. The van der Waals surface area contributed by atoms with Gasteiger partial charge in [-0.3, -0.25) is 4.79 Å². The molecule has 0 saturated carbocycles. The third-order valence-corrected chi connectivity index (χ3v) is 6.16. The summed E-state index contributed by atoms with van der Waals surface area (Å²) in [6, 6.07) is 6.40. The smallest absolute Gasteiger partial charge is 0.316 e. The third-order valence-electron chi connectivity index (χ3n) is 4.18. The van der Waals surface area contributed by atoms with E-state index in [1.54, 1.807) is 18.3 Å². The van der Waals surface area contributed by atoms with Gasteiger partial charge in [0.25, 0.3) is 0 Å². The molecule has 3 aromatic rings. The topological polar surface area (TPSA) is 129 Å². The number of amides is 1. The lowest BCUT2D eigenvalue weighted by Crippen LogP contribution is -2.12. The van der Waals surface area contributed by atoms with Crippen molar-refractivity contribution in [2.75, 3.05) is 11.9 Å². The van der Waals surface area contributed by atoms with Crippen molar-refractivity contribution in [2.45, 2.75) is 42.0 Å². The van der Waals surface area contributed by atoms with Crippen LogP contribution in [-0.4, -0.2) is 35.5 Å². The number of aromatic nitrogens is 3. The van der Waals surface area contributed by atoms with Crippen molar-refractivity contribution in [3.63, 3.8) is 0 Å². The van der Waals surface area contributed by atoms with Crippen molar-refractivity contribution in [1.29, 1.82) is 0 Å². The Morgan fingerprint density at radius 3 is 2.68 bits per heavy atom. The minimum atomic E-state index is -3.88. The average Bonchev–Trinajstić information content (AvgIpc) is 3.09. The molecule has 1 aromatic carbocycles. The summed E-state index contributed by atoms with van der Waals surface area (Å²) in [4.78, 5) is 21.8. The molecule has 0 aliphatic carbocycles. The van der Waals surface area contributed by atoms with Crippen LogP contribution in [0.3, 0.4) is 0 Å².